The topological polar surface area (TPSA) is 44.5 Å². The molecule has 0 radical (unpaired) electrons. The highest BCUT2D eigenvalue weighted by atomic mass is 16.5. The Morgan fingerprint density at radius 2 is 1.89 bits per heavy atom. The van der Waals surface area contributed by atoms with Crippen molar-refractivity contribution in [3.63, 3.8) is 0 Å². The van der Waals surface area contributed by atoms with E-state index in [0.29, 0.717) is 6.61 Å². The fraction of sp³-hybridized carbons (Fsp3) is 0.250. The average Bonchev–Trinajstić information content (AvgIpc) is 2.43. The number of anilines is 1. The van der Waals surface area contributed by atoms with Crippen molar-refractivity contribution in [1.29, 1.82) is 0 Å². The Labute approximate surface area is 114 Å². The molecule has 0 amide bonds. The van der Waals surface area contributed by atoms with Gasteiger partial charge in [-0.2, -0.15) is 0 Å². The fourth-order valence-corrected chi connectivity index (χ4v) is 1.98. The van der Waals surface area contributed by atoms with Gasteiger partial charge in [0.15, 0.2) is 0 Å². The van der Waals surface area contributed by atoms with Gasteiger partial charge in [-0.1, -0.05) is 18.2 Å². The maximum atomic E-state index is 5.90. The van der Waals surface area contributed by atoms with Crippen molar-refractivity contribution in [1.82, 2.24) is 0 Å². The molecular weight excluding hydrogens is 238 g/mol. The van der Waals surface area contributed by atoms with Crippen LogP contribution in [-0.2, 0) is 6.61 Å². The lowest BCUT2D eigenvalue weighted by molar-refractivity contribution is 0.301. The molecule has 0 saturated carbocycles. The summed E-state index contributed by atoms with van der Waals surface area (Å²) in [6.45, 7) is 4.50. The highest BCUT2D eigenvalue weighted by Gasteiger charge is 2.07. The minimum absolute atomic E-state index is 0.502. The molecule has 0 atom stereocenters. The zero-order chi connectivity index (χ0) is 13.8. The molecule has 0 heterocycles. The summed E-state index contributed by atoms with van der Waals surface area (Å²) in [6, 6.07) is 11.7. The summed E-state index contributed by atoms with van der Waals surface area (Å²) in [5.41, 5.74) is 9.81. The van der Waals surface area contributed by atoms with E-state index in [0.717, 1.165) is 33.9 Å². The average molecular weight is 257 g/mol. The number of benzene rings is 2. The molecule has 0 unspecified atom stereocenters. The molecule has 2 N–H and O–H groups in total. The summed E-state index contributed by atoms with van der Waals surface area (Å²) in [5.74, 6) is 1.70. The minimum atomic E-state index is 0.502. The third-order valence-corrected chi connectivity index (χ3v) is 3.16. The van der Waals surface area contributed by atoms with Gasteiger partial charge in [-0.05, 0) is 43.2 Å². The monoisotopic (exact) mass is 257 g/mol. The van der Waals surface area contributed by atoms with Gasteiger partial charge in [0.1, 0.15) is 18.1 Å². The zero-order valence-corrected chi connectivity index (χ0v) is 11.6. The van der Waals surface area contributed by atoms with Crippen LogP contribution in [0.3, 0.4) is 0 Å². The van der Waals surface area contributed by atoms with E-state index >= 15 is 0 Å². The molecule has 100 valence electrons. The van der Waals surface area contributed by atoms with Crippen LogP contribution in [0.25, 0.3) is 0 Å². The number of aryl methyl sites for hydroxylation is 1. The number of hydrogen-bond acceptors (Lipinski definition) is 3. The molecule has 2 aromatic rings. The SMILES string of the molecule is COc1cccc(COc2c(C)ccc(N)c2C)c1. The second-order valence-electron chi connectivity index (χ2n) is 4.57. The van der Waals surface area contributed by atoms with Crippen molar-refractivity contribution >= 4 is 5.69 Å². The van der Waals surface area contributed by atoms with E-state index in [1.165, 1.54) is 0 Å². The van der Waals surface area contributed by atoms with Crippen LogP contribution < -0.4 is 15.2 Å². The quantitative estimate of drug-likeness (QED) is 0.853. The molecule has 2 aromatic carbocycles. The maximum absolute atomic E-state index is 5.90. The number of nitrogens with two attached hydrogens (primary N) is 1. The molecule has 0 aromatic heterocycles. The lowest BCUT2D eigenvalue weighted by atomic mass is 10.1. The Bertz CT molecular complexity index is 579. The summed E-state index contributed by atoms with van der Waals surface area (Å²) >= 11 is 0. The van der Waals surface area contributed by atoms with Crippen molar-refractivity contribution in [2.75, 3.05) is 12.8 Å². The van der Waals surface area contributed by atoms with E-state index < -0.39 is 0 Å². The zero-order valence-electron chi connectivity index (χ0n) is 11.6. The van der Waals surface area contributed by atoms with Gasteiger partial charge in [-0.25, -0.2) is 0 Å². The van der Waals surface area contributed by atoms with Gasteiger partial charge in [0.05, 0.1) is 7.11 Å². The molecular formula is C16H19NO2. The van der Waals surface area contributed by atoms with Gasteiger partial charge in [-0.3, -0.25) is 0 Å². The Morgan fingerprint density at radius 1 is 1.11 bits per heavy atom. The third-order valence-electron chi connectivity index (χ3n) is 3.16. The first-order valence-corrected chi connectivity index (χ1v) is 6.23. The van der Waals surface area contributed by atoms with Crippen molar-refractivity contribution in [2.45, 2.75) is 20.5 Å². The van der Waals surface area contributed by atoms with Crippen LogP contribution in [0.15, 0.2) is 36.4 Å². The molecule has 0 aliphatic carbocycles. The molecule has 0 spiro atoms. The number of hydrogen-bond donors (Lipinski definition) is 1. The van der Waals surface area contributed by atoms with Gasteiger partial charge in [0.25, 0.3) is 0 Å². The Hall–Kier alpha value is -2.16. The molecule has 2 rings (SSSR count). The summed E-state index contributed by atoms with van der Waals surface area (Å²) in [5, 5.41) is 0. The smallest absolute Gasteiger partial charge is 0.127 e. The van der Waals surface area contributed by atoms with Crippen LogP contribution in [0.4, 0.5) is 5.69 Å². The molecule has 0 bridgehead atoms. The van der Waals surface area contributed by atoms with E-state index in [1.807, 2.05) is 50.2 Å². The highest BCUT2D eigenvalue weighted by Crippen LogP contribution is 2.28. The van der Waals surface area contributed by atoms with Gasteiger partial charge in [0.2, 0.25) is 0 Å². The van der Waals surface area contributed by atoms with Gasteiger partial charge in [0, 0.05) is 11.3 Å². The predicted molar refractivity (Wildman–Crippen MR) is 77.7 cm³/mol. The van der Waals surface area contributed by atoms with Crippen molar-refractivity contribution in [3.8, 4) is 11.5 Å². The molecule has 0 aliphatic heterocycles. The van der Waals surface area contributed by atoms with E-state index in [1.54, 1.807) is 7.11 Å². The number of methoxy groups -OCH3 is 1. The van der Waals surface area contributed by atoms with E-state index in [4.69, 9.17) is 15.2 Å². The highest BCUT2D eigenvalue weighted by molar-refractivity contribution is 5.56. The second kappa shape index (κ2) is 5.65. The Balaban J connectivity index is 2.16. The molecule has 19 heavy (non-hydrogen) atoms. The van der Waals surface area contributed by atoms with Gasteiger partial charge in [-0.15, -0.1) is 0 Å². The van der Waals surface area contributed by atoms with Crippen LogP contribution >= 0.6 is 0 Å². The molecule has 0 saturated heterocycles. The largest absolute Gasteiger partial charge is 0.497 e. The molecule has 0 fully saturated rings. The lowest BCUT2D eigenvalue weighted by Crippen LogP contribution is -2.01. The summed E-state index contributed by atoms with van der Waals surface area (Å²) in [4.78, 5) is 0. The number of ether oxygens (including phenoxy) is 2. The molecule has 3 nitrogen and oxygen atoms in total. The maximum Gasteiger partial charge on any atom is 0.127 e. The minimum Gasteiger partial charge on any atom is -0.497 e. The summed E-state index contributed by atoms with van der Waals surface area (Å²) in [6.07, 6.45) is 0. The van der Waals surface area contributed by atoms with E-state index in [2.05, 4.69) is 0 Å². The summed E-state index contributed by atoms with van der Waals surface area (Å²) < 4.78 is 11.1. The van der Waals surface area contributed by atoms with Gasteiger partial charge >= 0.3 is 0 Å². The van der Waals surface area contributed by atoms with Crippen molar-refractivity contribution < 1.29 is 9.47 Å². The van der Waals surface area contributed by atoms with E-state index in [-0.39, 0.29) is 0 Å². The fourth-order valence-electron chi connectivity index (χ4n) is 1.98. The predicted octanol–water partition coefficient (Wildman–Crippen LogP) is 3.47. The van der Waals surface area contributed by atoms with Crippen LogP contribution in [0, 0.1) is 13.8 Å². The summed E-state index contributed by atoms with van der Waals surface area (Å²) in [7, 11) is 1.66. The van der Waals surface area contributed by atoms with Crippen molar-refractivity contribution in [3.05, 3.63) is 53.1 Å². The first-order chi connectivity index (χ1) is 9.11. The first kappa shape index (κ1) is 13.3. The number of rotatable bonds is 4. The van der Waals surface area contributed by atoms with Crippen LogP contribution in [0.5, 0.6) is 11.5 Å². The molecule has 3 heteroatoms. The van der Waals surface area contributed by atoms with Crippen molar-refractivity contribution in [2.24, 2.45) is 0 Å². The number of nitrogen functional groups attached to an aromatic ring is 1. The van der Waals surface area contributed by atoms with Gasteiger partial charge < -0.3 is 15.2 Å². The first-order valence-electron chi connectivity index (χ1n) is 6.23. The van der Waals surface area contributed by atoms with Crippen LogP contribution in [0.1, 0.15) is 16.7 Å². The molecule has 0 aliphatic rings. The standard InChI is InChI=1S/C16H19NO2/c1-11-7-8-15(17)12(2)16(11)19-10-13-5-4-6-14(9-13)18-3/h4-9H,10,17H2,1-3H3. The van der Waals surface area contributed by atoms with E-state index in [9.17, 15) is 0 Å². The Kier molecular flexibility index (Phi) is 3.95. The Morgan fingerprint density at radius 3 is 2.63 bits per heavy atom. The van der Waals surface area contributed by atoms with Crippen LogP contribution in [0.2, 0.25) is 0 Å². The third kappa shape index (κ3) is 2.99. The normalized spacial score (nSPS) is 10.3. The van der Waals surface area contributed by atoms with Crippen LogP contribution in [-0.4, -0.2) is 7.11 Å². The second-order valence-corrected chi connectivity index (χ2v) is 4.57. The lowest BCUT2D eigenvalue weighted by Gasteiger charge is -2.14.